The lowest BCUT2D eigenvalue weighted by Gasteiger charge is -2.11. The number of nitrogens with zero attached hydrogens (tertiary/aromatic N) is 1. The summed E-state index contributed by atoms with van der Waals surface area (Å²) in [6, 6.07) is 7.91. The largest absolute Gasteiger partial charge is 0.434 e. The number of halogens is 3. The molecule has 0 saturated carbocycles. The molecule has 110 valence electrons. The van der Waals surface area contributed by atoms with E-state index >= 15 is 0 Å². The molecule has 0 atom stereocenters. The molecule has 0 unspecified atom stereocenters. The topological polar surface area (TPSA) is 51.2 Å². The Morgan fingerprint density at radius 3 is 2.81 bits per heavy atom. The molecule has 1 N–H and O–H groups in total. The molecule has 1 heterocycles. The van der Waals surface area contributed by atoms with E-state index in [9.17, 15) is 13.6 Å². The van der Waals surface area contributed by atoms with Crippen molar-refractivity contribution in [2.24, 2.45) is 0 Å². The lowest BCUT2D eigenvalue weighted by Crippen LogP contribution is -2.23. The zero-order valence-corrected chi connectivity index (χ0v) is 12.3. The normalized spacial score (nSPS) is 10.5. The van der Waals surface area contributed by atoms with Gasteiger partial charge in [-0.05, 0) is 28.1 Å². The lowest BCUT2D eigenvalue weighted by atomic mass is 10.2. The van der Waals surface area contributed by atoms with Gasteiger partial charge < -0.3 is 10.1 Å². The average Bonchev–Trinajstić information content (AvgIpc) is 2.45. The number of hydrogen-bond donors (Lipinski definition) is 1. The smallest absolute Gasteiger partial charge is 0.387 e. The number of alkyl halides is 2. The van der Waals surface area contributed by atoms with Gasteiger partial charge in [-0.25, -0.2) is 0 Å². The average molecular weight is 357 g/mol. The summed E-state index contributed by atoms with van der Waals surface area (Å²) in [4.78, 5) is 15.8. The third-order valence-corrected chi connectivity index (χ3v) is 3.03. The van der Waals surface area contributed by atoms with Crippen LogP contribution in [0.3, 0.4) is 0 Å². The highest BCUT2D eigenvalue weighted by Crippen LogP contribution is 2.20. The van der Waals surface area contributed by atoms with Crippen LogP contribution in [0, 0.1) is 0 Å². The molecule has 1 aromatic carbocycles. The molecule has 0 spiro atoms. The van der Waals surface area contributed by atoms with Crippen molar-refractivity contribution < 1.29 is 18.3 Å². The van der Waals surface area contributed by atoms with E-state index in [2.05, 4.69) is 31.0 Å². The second-order valence-corrected chi connectivity index (χ2v) is 4.98. The van der Waals surface area contributed by atoms with Gasteiger partial charge in [-0.3, -0.25) is 9.78 Å². The molecule has 21 heavy (non-hydrogen) atoms. The van der Waals surface area contributed by atoms with Crippen LogP contribution in [0.4, 0.5) is 8.78 Å². The van der Waals surface area contributed by atoms with Gasteiger partial charge >= 0.3 is 6.61 Å². The minimum atomic E-state index is -2.91. The number of ether oxygens (including phenoxy) is 1. The van der Waals surface area contributed by atoms with Gasteiger partial charge in [0.2, 0.25) is 0 Å². The first-order valence-electron chi connectivity index (χ1n) is 5.97. The van der Waals surface area contributed by atoms with Crippen LogP contribution in [0.1, 0.15) is 15.9 Å². The maximum absolute atomic E-state index is 12.3. The number of carbonyl (C=O) groups is 1. The van der Waals surface area contributed by atoms with Crippen LogP contribution in [0.15, 0.2) is 47.2 Å². The molecule has 1 aromatic heterocycles. The highest BCUT2D eigenvalue weighted by atomic mass is 79.9. The monoisotopic (exact) mass is 356 g/mol. The third-order valence-electron chi connectivity index (χ3n) is 2.60. The quantitative estimate of drug-likeness (QED) is 0.893. The lowest BCUT2D eigenvalue weighted by molar-refractivity contribution is -0.0504. The Hall–Kier alpha value is -2.02. The molecule has 0 bridgehead atoms. The second kappa shape index (κ2) is 7.12. The Bertz CT molecular complexity index is 638. The van der Waals surface area contributed by atoms with E-state index in [0.29, 0.717) is 15.6 Å². The molecule has 0 aliphatic carbocycles. The molecule has 4 nitrogen and oxygen atoms in total. The molecule has 2 aromatic rings. The summed E-state index contributed by atoms with van der Waals surface area (Å²) in [5, 5.41) is 2.63. The van der Waals surface area contributed by atoms with Crippen LogP contribution in [0.2, 0.25) is 0 Å². The molecular weight excluding hydrogens is 346 g/mol. The van der Waals surface area contributed by atoms with Gasteiger partial charge in [0, 0.05) is 29.0 Å². The predicted octanol–water partition coefficient (Wildman–Crippen LogP) is 3.38. The number of aromatic nitrogens is 1. The summed E-state index contributed by atoms with van der Waals surface area (Å²) in [6.07, 6.45) is 2.98. The van der Waals surface area contributed by atoms with E-state index in [1.165, 1.54) is 12.3 Å². The summed E-state index contributed by atoms with van der Waals surface area (Å²) in [6.45, 7) is -2.83. The number of carbonyl (C=O) groups excluding carboxylic acids is 1. The zero-order chi connectivity index (χ0) is 15.2. The van der Waals surface area contributed by atoms with Gasteiger partial charge in [0.15, 0.2) is 0 Å². The molecule has 0 aliphatic heterocycles. The van der Waals surface area contributed by atoms with Crippen LogP contribution >= 0.6 is 15.9 Å². The van der Waals surface area contributed by atoms with Gasteiger partial charge in [-0.1, -0.05) is 18.2 Å². The first-order valence-corrected chi connectivity index (χ1v) is 6.77. The van der Waals surface area contributed by atoms with Crippen molar-refractivity contribution in [1.82, 2.24) is 10.3 Å². The minimum Gasteiger partial charge on any atom is -0.434 e. The number of amides is 1. The fourth-order valence-electron chi connectivity index (χ4n) is 1.67. The number of nitrogens with one attached hydrogen (secondary N) is 1. The van der Waals surface area contributed by atoms with Crippen molar-refractivity contribution in [1.29, 1.82) is 0 Å². The van der Waals surface area contributed by atoms with Crippen LogP contribution in [0.25, 0.3) is 0 Å². The molecule has 1 amide bonds. The fourth-order valence-corrected chi connectivity index (χ4v) is 2.04. The van der Waals surface area contributed by atoms with Gasteiger partial charge in [0.1, 0.15) is 5.75 Å². The summed E-state index contributed by atoms with van der Waals surface area (Å²) in [5.41, 5.74) is 0.839. The molecule has 0 aliphatic rings. The Morgan fingerprint density at radius 1 is 1.33 bits per heavy atom. The maximum Gasteiger partial charge on any atom is 0.387 e. The standard InChI is InChI=1S/C14H11BrF2N2O2/c15-11-5-10(6-18-8-11)13(20)19-7-9-3-1-2-4-12(9)21-14(16)17/h1-6,8,14H,7H2,(H,19,20). The van der Waals surface area contributed by atoms with Gasteiger partial charge in [-0.15, -0.1) is 0 Å². The first-order chi connectivity index (χ1) is 10.1. The number of para-hydroxylation sites is 1. The van der Waals surface area contributed by atoms with E-state index in [1.54, 1.807) is 30.5 Å². The Kier molecular flexibility index (Phi) is 5.21. The van der Waals surface area contributed by atoms with Crippen LogP contribution in [-0.2, 0) is 6.54 Å². The number of benzene rings is 1. The van der Waals surface area contributed by atoms with Crippen molar-refractivity contribution in [3.05, 3.63) is 58.3 Å². The van der Waals surface area contributed by atoms with E-state index < -0.39 is 6.61 Å². The molecule has 0 fully saturated rings. The first kappa shape index (κ1) is 15.4. The van der Waals surface area contributed by atoms with Gasteiger partial charge in [0.25, 0.3) is 5.91 Å². The van der Waals surface area contributed by atoms with Crippen molar-refractivity contribution in [3.63, 3.8) is 0 Å². The Balaban J connectivity index is 2.04. The molecule has 7 heteroatoms. The second-order valence-electron chi connectivity index (χ2n) is 4.06. The summed E-state index contributed by atoms with van der Waals surface area (Å²) in [7, 11) is 0. The van der Waals surface area contributed by atoms with E-state index in [0.717, 1.165) is 0 Å². The van der Waals surface area contributed by atoms with Crippen molar-refractivity contribution in [2.75, 3.05) is 0 Å². The van der Waals surface area contributed by atoms with E-state index in [4.69, 9.17) is 0 Å². The number of pyridine rings is 1. The Labute approximate surface area is 128 Å². The molecule has 0 saturated heterocycles. The maximum atomic E-state index is 12.3. The van der Waals surface area contributed by atoms with Crippen LogP contribution in [0.5, 0.6) is 5.75 Å². The molecular formula is C14H11BrF2N2O2. The Morgan fingerprint density at radius 2 is 2.10 bits per heavy atom. The molecule has 0 radical (unpaired) electrons. The number of hydrogen-bond acceptors (Lipinski definition) is 3. The summed E-state index contributed by atoms with van der Waals surface area (Å²) < 4.78 is 29.6. The summed E-state index contributed by atoms with van der Waals surface area (Å²) in [5.74, 6) is -0.309. The SMILES string of the molecule is O=C(NCc1ccccc1OC(F)F)c1cncc(Br)c1. The minimum absolute atomic E-state index is 0.0418. The van der Waals surface area contributed by atoms with Crippen LogP contribution in [-0.4, -0.2) is 17.5 Å². The van der Waals surface area contributed by atoms with Gasteiger partial charge in [0.05, 0.1) is 5.56 Å². The van der Waals surface area contributed by atoms with Crippen molar-refractivity contribution in [3.8, 4) is 5.75 Å². The van der Waals surface area contributed by atoms with E-state index in [-0.39, 0.29) is 18.2 Å². The number of rotatable bonds is 5. The van der Waals surface area contributed by atoms with Gasteiger partial charge in [-0.2, -0.15) is 8.78 Å². The van der Waals surface area contributed by atoms with Crippen molar-refractivity contribution >= 4 is 21.8 Å². The predicted molar refractivity (Wildman–Crippen MR) is 76.2 cm³/mol. The highest BCUT2D eigenvalue weighted by molar-refractivity contribution is 9.10. The van der Waals surface area contributed by atoms with E-state index in [1.807, 2.05) is 0 Å². The third kappa shape index (κ3) is 4.49. The fraction of sp³-hybridized carbons (Fsp3) is 0.143. The van der Waals surface area contributed by atoms with Crippen LogP contribution < -0.4 is 10.1 Å². The zero-order valence-electron chi connectivity index (χ0n) is 10.7. The highest BCUT2D eigenvalue weighted by Gasteiger charge is 2.11. The molecule has 2 rings (SSSR count). The summed E-state index contributed by atoms with van der Waals surface area (Å²) >= 11 is 3.22. The van der Waals surface area contributed by atoms with Crippen molar-refractivity contribution in [2.45, 2.75) is 13.2 Å².